The van der Waals surface area contributed by atoms with Gasteiger partial charge in [0.05, 0.1) is 0 Å². The number of rotatable bonds is 38. The van der Waals surface area contributed by atoms with E-state index in [0.29, 0.717) is 6.04 Å². The zero-order valence-corrected chi connectivity index (χ0v) is 38.3. The second-order valence-electron chi connectivity index (χ2n) is 17.4. The molecule has 1 unspecified atom stereocenters. The molecule has 1 heterocycles. The number of likely N-dealkylation sites (N-methyl/N-ethyl adjacent to an activating group) is 2. The van der Waals surface area contributed by atoms with Crippen molar-refractivity contribution in [3.05, 3.63) is 48.6 Å². The first-order chi connectivity index (χ1) is 27.4. The van der Waals surface area contributed by atoms with Gasteiger partial charge in [-0.05, 0) is 105 Å². The van der Waals surface area contributed by atoms with Crippen LogP contribution in [0.1, 0.15) is 181 Å². The molecular formula is C50H95N5O. The van der Waals surface area contributed by atoms with E-state index < -0.39 is 0 Å². The van der Waals surface area contributed by atoms with Crippen LogP contribution in [0.2, 0.25) is 0 Å². The first-order valence-electron chi connectivity index (χ1n) is 24.0. The number of amides is 1. The van der Waals surface area contributed by atoms with Crippen molar-refractivity contribution in [3.8, 4) is 0 Å². The normalized spacial score (nSPS) is 16.1. The van der Waals surface area contributed by atoms with Crippen molar-refractivity contribution in [3.63, 3.8) is 0 Å². The van der Waals surface area contributed by atoms with E-state index in [9.17, 15) is 4.79 Å². The van der Waals surface area contributed by atoms with Gasteiger partial charge in [0.25, 0.3) is 0 Å². The number of allylic oxidation sites excluding steroid dienone is 8. The second-order valence-corrected chi connectivity index (χ2v) is 17.4. The summed E-state index contributed by atoms with van der Waals surface area (Å²) in [4.78, 5) is 23.5. The Morgan fingerprint density at radius 1 is 0.554 bits per heavy atom. The van der Waals surface area contributed by atoms with Crippen LogP contribution in [0.25, 0.3) is 0 Å². The highest BCUT2D eigenvalue weighted by atomic mass is 16.2. The van der Waals surface area contributed by atoms with Gasteiger partial charge in [-0.1, -0.05) is 152 Å². The largest absolute Gasteiger partial charge is 0.352 e. The summed E-state index contributed by atoms with van der Waals surface area (Å²) in [5.41, 5.74) is 0. The molecule has 1 amide bonds. The predicted molar refractivity (Wildman–Crippen MR) is 249 cm³/mol. The van der Waals surface area contributed by atoms with E-state index >= 15 is 0 Å². The maximum atomic E-state index is 14.1. The van der Waals surface area contributed by atoms with Gasteiger partial charge in [-0.25, -0.2) is 0 Å². The first-order valence-corrected chi connectivity index (χ1v) is 24.0. The Balaban J connectivity index is 2.52. The van der Waals surface area contributed by atoms with Crippen LogP contribution >= 0.6 is 0 Å². The molecule has 6 heteroatoms. The fourth-order valence-electron chi connectivity index (χ4n) is 7.61. The summed E-state index contributed by atoms with van der Waals surface area (Å²) in [6, 6.07) is 0.243. The minimum absolute atomic E-state index is 0.0555. The lowest BCUT2D eigenvalue weighted by Gasteiger charge is -2.41. The molecule has 1 aliphatic heterocycles. The topological polar surface area (TPSA) is 42.1 Å². The molecule has 1 rings (SSSR count). The Hall–Kier alpha value is -1.73. The fourth-order valence-corrected chi connectivity index (χ4v) is 7.61. The van der Waals surface area contributed by atoms with E-state index in [1.807, 2.05) is 0 Å². The number of carbonyl (C=O) groups excluding carboxylic acids is 1. The van der Waals surface area contributed by atoms with Crippen molar-refractivity contribution in [1.82, 2.24) is 24.9 Å². The highest BCUT2D eigenvalue weighted by molar-refractivity contribution is 5.82. The summed E-state index contributed by atoms with van der Waals surface area (Å²) in [5.74, 6) is 0.267. The second kappa shape index (κ2) is 38.8. The molecule has 0 spiro atoms. The summed E-state index contributed by atoms with van der Waals surface area (Å²) in [5, 5.41) is 3.64. The third-order valence-electron chi connectivity index (χ3n) is 11.4. The molecule has 1 fully saturated rings. The van der Waals surface area contributed by atoms with Gasteiger partial charge in [-0.15, -0.1) is 0 Å². The third-order valence-corrected chi connectivity index (χ3v) is 11.4. The van der Waals surface area contributed by atoms with E-state index in [2.05, 4.69) is 116 Å². The van der Waals surface area contributed by atoms with Crippen molar-refractivity contribution in [2.75, 3.05) is 74.0 Å². The third kappa shape index (κ3) is 32.3. The van der Waals surface area contributed by atoms with E-state index in [1.165, 1.54) is 141 Å². The number of piperazine rings is 1. The number of hydrogen-bond donors (Lipinski definition) is 1. The smallest absolute Gasteiger partial charge is 0.238 e. The first kappa shape index (κ1) is 52.3. The van der Waals surface area contributed by atoms with Gasteiger partial charge in [0.1, 0.15) is 6.04 Å². The summed E-state index contributed by atoms with van der Waals surface area (Å²) in [6.07, 6.45) is 51.7. The monoisotopic (exact) mass is 782 g/mol. The molecule has 1 aliphatic rings. The van der Waals surface area contributed by atoms with Crippen LogP contribution in [0.4, 0.5) is 0 Å². The minimum atomic E-state index is -0.0555. The fraction of sp³-hybridized carbons (Fsp3) is 0.820. The molecule has 0 radical (unpaired) electrons. The van der Waals surface area contributed by atoms with Crippen LogP contribution in [0.3, 0.4) is 0 Å². The molecule has 0 bridgehead atoms. The average molecular weight is 782 g/mol. The van der Waals surface area contributed by atoms with Gasteiger partial charge in [-0.3, -0.25) is 14.6 Å². The van der Waals surface area contributed by atoms with Gasteiger partial charge < -0.3 is 15.1 Å². The van der Waals surface area contributed by atoms with Crippen LogP contribution in [0, 0.1) is 0 Å². The quantitative estimate of drug-likeness (QED) is 0.0499. The Labute approximate surface area is 350 Å². The van der Waals surface area contributed by atoms with Crippen LogP contribution in [-0.2, 0) is 4.79 Å². The lowest BCUT2D eigenvalue weighted by Crippen LogP contribution is -2.61. The lowest BCUT2D eigenvalue weighted by atomic mass is 9.99. The molecule has 0 aromatic heterocycles. The van der Waals surface area contributed by atoms with Crippen molar-refractivity contribution in [1.29, 1.82) is 0 Å². The minimum Gasteiger partial charge on any atom is -0.352 e. The zero-order chi connectivity index (χ0) is 40.7. The molecular weight excluding hydrogens is 687 g/mol. The van der Waals surface area contributed by atoms with Gasteiger partial charge >= 0.3 is 0 Å². The van der Waals surface area contributed by atoms with Gasteiger partial charge in [0.15, 0.2) is 0 Å². The van der Waals surface area contributed by atoms with E-state index in [1.54, 1.807) is 0 Å². The van der Waals surface area contributed by atoms with Crippen LogP contribution in [0.15, 0.2) is 48.6 Å². The maximum Gasteiger partial charge on any atom is 0.238 e. The highest BCUT2D eigenvalue weighted by Gasteiger charge is 2.33. The molecule has 1 saturated heterocycles. The SMILES string of the molecule is CCCCC/C=C\C/C=C\CCCCCCCCC(CCCCCCCC/C=C\C/C=C\CCCCC)NC(=O)C1CN(CCN(C)C)CCN1CCN(C)C. The predicted octanol–water partition coefficient (Wildman–Crippen LogP) is 12.0. The van der Waals surface area contributed by atoms with Crippen LogP contribution < -0.4 is 5.32 Å². The summed E-state index contributed by atoms with van der Waals surface area (Å²) in [6.45, 7) is 11.4. The van der Waals surface area contributed by atoms with E-state index in [0.717, 1.165) is 71.5 Å². The van der Waals surface area contributed by atoms with Gasteiger partial charge in [-0.2, -0.15) is 0 Å². The van der Waals surface area contributed by atoms with Crippen LogP contribution in [-0.4, -0.2) is 112 Å². The Morgan fingerprint density at radius 2 is 0.964 bits per heavy atom. The summed E-state index contributed by atoms with van der Waals surface area (Å²) >= 11 is 0. The molecule has 6 nitrogen and oxygen atoms in total. The number of unbranched alkanes of at least 4 members (excludes halogenated alkanes) is 18. The lowest BCUT2D eigenvalue weighted by molar-refractivity contribution is -0.129. The maximum absolute atomic E-state index is 14.1. The van der Waals surface area contributed by atoms with Crippen molar-refractivity contribution >= 4 is 5.91 Å². The summed E-state index contributed by atoms with van der Waals surface area (Å²) in [7, 11) is 8.56. The molecule has 0 aromatic carbocycles. The molecule has 1 N–H and O–H groups in total. The Bertz CT molecular complexity index is 940. The van der Waals surface area contributed by atoms with E-state index in [4.69, 9.17) is 0 Å². The van der Waals surface area contributed by atoms with Gasteiger partial charge in [0, 0.05) is 51.9 Å². The molecule has 0 aromatic rings. The number of hydrogen-bond acceptors (Lipinski definition) is 5. The van der Waals surface area contributed by atoms with Gasteiger partial charge in [0.2, 0.25) is 5.91 Å². The van der Waals surface area contributed by atoms with E-state index in [-0.39, 0.29) is 11.9 Å². The molecule has 0 aliphatic carbocycles. The highest BCUT2D eigenvalue weighted by Crippen LogP contribution is 2.17. The average Bonchev–Trinajstić information content (AvgIpc) is 3.18. The molecule has 326 valence electrons. The summed E-state index contributed by atoms with van der Waals surface area (Å²) < 4.78 is 0. The van der Waals surface area contributed by atoms with Crippen molar-refractivity contribution in [2.45, 2.75) is 193 Å². The Kier molecular flexibility index (Phi) is 36.2. The molecule has 0 saturated carbocycles. The number of nitrogens with one attached hydrogen (secondary N) is 1. The van der Waals surface area contributed by atoms with Crippen molar-refractivity contribution in [2.24, 2.45) is 0 Å². The molecule has 56 heavy (non-hydrogen) atoms. The van der Waals surface area contributed by atoms with Crippen LogP contribution in [0.5, 0.6) is 0 Å². The molecule has 1 atom stereocenters. The number of carbonyl (C=O) groups is 1. The van der Waals surface area contributed by atoms with Crippen molar-refractivity contribution < 1.29 is 4.79 Å². The number of nitrogens with zero attached hydrogens (tertiary/aromatic N) is 4. The standard InChI is InChI=1S/C50H95N5O/c1-7-9-11-13-15-17-19-21-23-25-27-29-31-33-35-37-39-48(40-38-36-34-32-30-28-26-24-22-20-18-16-14-12-10-8-2)51-50(56)49-47-54(43-41-52(3)4)44-46-55(49)45-42-53(5)6/h15-18,21-24,48-49H,7-14,19-20,25-47H2,1-6H3,(H,51,56)/b17-15-,18-16-,23-21-,24-22-. The Morgan fingerprint density at radius 3 is 1.41 bits per heavy atom. The zero-order valence-electron chi connectivity index (χ0n) is 38.3.